The third-order valence-electron chi connectivity index (χ3n) is 2.07. The zero-order chi connectivity index (χ0) is 10.8. The average Bonchev–Trinajstić information content (AvgIpc) is 2.15. The molecule has 1 atom stereocenters. The highest BCUT2D eigenvalue weighted by Crippen LogP contribution is 2.00. The maximum absolute atomic E-state index is 11.2. The predicted octanol–water partition coefficient (Wildman–Crippen LogP) is 0.707. The first-order valence-corrected chi connectivity index (χ1v) is 5.45. The number of carbonyl (C=O) groups is 1. The first-order chi connectivity index (χ1) is 6.70. The largest absolute Gasteiger partial charge is 0.341 e. The molecular formula is C10H23N3O. The molecule has 0 spiro atoms. The monoisotopic (exact) mass is 201 g/mol. The molecule has 0 saturated carbocycles. The van der Waals surface area contributed by atoms with Gasteiger partial charge in [-0.05, 0) is 19.4 Å². The molecule has 0 radical (unpaired) electrons. The van der Waals surface area contributed by atoms with Crippen molar-refractivity contribution in [3.63, 3.8) is 0 Å². The number of carbonyl (C=O) groups excluding carboxylic acids is 1. The second-order valence-electron chi connectivity index (χ2n) is 3.56. The highest BCUT2D eigenvalue weighted by atomic mass is 16.1. The van der Waals surface area contributed by atoms with Crippen molar-refractivity contribution in [3.8, 4) is 0 Å². The van der Waals surface area contributed by atoms with E-state index in [1.807, 2.05) is 0 Å². The van der Waals surface area contributed by atoms with Crippen molar-refractivity contribution >= 4 is 5.91 Å². The van der Waals surface area contributed by atoms with E-state index in [0.717, 1.165) is 19.3 Å². The van der Waals surface area contributed by atoms with Gasteiger partial charge in [0.25, 0.3) is 0 Å². The fourth-order valence-corrected chi connectivity index (χ4v) is 1.23. The van der Waals surface area contributed by atoms with Gasteiger partial charge < -0.3 is 16.8 Å². The maximum Gasteiger partial charge on any atom is 0.221 e. The molecular weight excluding hydrogens is 178 g/mol. The van der Waals surface area contributed by atoms with Gasteiger partial charge in [0.1, 0.15) is 0 Å². The molecule has 0 aromatic heterocycles. The van der Waals surface area contributed by atoms with E-state index in [-0.39, 0.29) is 12.1 Å². The molecule has 1 amide bonds. The molecule has 1 unspecified atom stereocenters. The van der Waals surface area contributed by atoms with Gasteiger partial charge in [-0.2, -0.15) is 0 Å². The molecule has 4 nitrogen and oxygen atoms in total. The second-order valence-corrected chi connectivity index (χ2v) is 3.56. The molecule has 0 aliphatic heterocycles. The Morgan fingerprint density at radius 1 is 1.36 bits per heavy atom. The van der Waals surface area contributed by atoms with Crippen molar-refractivity contribution in [2.75, 3.05) is 6.54 Å². The van der Waals surface area contributed by atoms with Gasteiger partial charge >= 0.3 is 0 Å². The summed E-state index contributed by atoms with van der Waals surface area (Å²) >= 11 is 0. The van der Waals surface area contributed by atoms with Crippen LogP contribution in [0.3, 0.4) is 0 Å². The minimum absolute atomic E-state index is 0.0134. The number of rotatable bonds is 8. The summed E-state index contributed by atoms with van der Waals surface area (Å²) in [6.07, 6.45) is 5.31. The lowest BCUT2D eigenvalue weighted by atomic mass is 10.2. The predicted molar refractivity (Wildman–Crippen MR) is 58.5 cm³/mol. The Balaban J connectivity index is 3.40. The van der Waals surface area contributed by atoms with Crippen LogP contribution in [0.4, 0.5) is 0 Å². The topological polar surface area (TPSA) is 81.1 Å². The molecule has 0 aromatic carbocycles. The summed E-state index contributed by atoms with van der Waals surface area (Å²) in [4.78, 5) is 11.2. The Kier molecular flexibility index (Phi) is 8.57. The molecule has 0 aromatic rings. The van der Waals surface area contributed by atoms with Gasteiger partial charge in [-0.25, -0.2) is 0 Å². The minimum atomic E-state index is -0.188. The number of amides is 1. The van der Waals surface area contributed by atoms with Crippen LogP contribution < -0.4 is 16.8 Å². The number of nitrogens with one attached hydrogen (secondary N) is 1. The van der Waals surface area contributed by atoms with Gasteiger partial charge in [-0.15, -0.1) is 0 Å². The number of unbranched alkanes of at least 4 members (excludes halogenated alkanes) is 2. The standard InChI is InChI=1S/C10H23N3O/c1-2-3-4-6-9(12)13-10(14)7-5-8-11/h9H,2-8,11-12H2,1H3,(H,13,14). The normalized spacial score (nSPS) is 12.5. The number of hydrogen-bond acceptors (Lipinski definition) is 3. The molecule has 0 aliphatic carbocycles. The smallest absolute Gasteiger partial charge is 0.221 e. The summed E-state index contributed by atoms with van der Waals surface area (Å²) < 4.78 is 0. The van der Waals surface area contributed by atoms with Crippen LogP contribution in [-0.4, -0.2) is 18.6 Å². The fourth-order valence-electron chi connectivity index (χ4n) is 1.23. The second kappa shape index (κ2) is 8.97. The van der Waals surface area contributed by atoms with Crippen LogP contribution in [0.5, 0.6) is 0 Å². The Hall–Kier alpha value is -0.610. The Labute approximate surface area is 86.4 Å². The lowest BCUT2D eigenvalue weighted by Gasteiger charge is -2.13. The van der Waals surface area contributed by atoms with Crippen molar-refractivity contribution in [2.45, 2.75) is 51.6 Å². The summed E-state index contributed by atoms with van der Waals surface area (Å²) in [5.41, 5.74) is 11.0. The zero-order valence-electron chi connectivity index (χ0n) is 9.09. The lowest BCUT2D eigenvalue weighted by molar-refractivity contribution is -0.121. The summed E-state index contributed by atoms with van der Waals surface area (Å²) in [6, 6.07) is 0. The summed E-state index contributed by atoms with van der Waals surface area (Å²) in [6.45, 7) is 2.70. The first kappa shape index (κ1) is 13.4. The van der Waals surface area contributed by atoms with Crippen LogP contribution in [0.1, 0.15) is 45.4 Å². The van der Waals surface area contributed by atoms with E-state index < -0.39 is 0 Å². The van der Waals surface area contributed by atoms with Gasteiger partial charge in [0.05, 0.1) is 6.17 Å². The van der Waals surface area contributed by atoms with Crippen LogP contribution in [0.25, 0.3) is 0 Å². The third-order valence-corrected chi connectivity index (χ3v) is 2.07. The number of nitrogens with two attached hydrogens (primary N) is 2. The van der Waals surface area contributed by atoms with Crippen molar-refractivity contribution < 1.29 is 4.79 Å². The summed E-state index contributed by atoms with van der Waals surface area (Å²) in [5.74, 6) is 0.0134. The van der Waals surface area contributed by atoms with Gasteiger partial charge in [0, 0.05) is 6.42 Å². The molecule has 0 aliphatic rings. The van der Waals surface area contributed by atoms with Crippen molar-refractivity contribution in [3.05, 3.63) is 0 Å². The highest BCUT2D eigenvalue weighted by Gasteiger charge is 2.05. The van der Waals surface area contributed by atoms with E-state index >= 15 is 0 Å². The Morgan fingerprint density at radius 2 is 2.07 bits per heavy atom. The molecule has 84 valence electrons. The van der Waals surface area contributed by atoms with Gasteiger partial charge in [0.15, 0.2) is 0 Å². The molecule has 0 saturated heterocycles. The highest BCUT2D eigenvalue weighted by molar-refractivity contribution is 5.76. The van der Waals surface area contributed by atoms with Crippen LogP contribution in [0.2, 0.25) is 0 Å². The molecule has 4 heteroatoms. The van der Waals surface area contributed by atoms with Crippen LogP contribution in [0, 0.1) is 0 Å². The van der Waals surface area contributed by atoms with E-state index in [9.17, 15) is 4.79 Å². The van der Waals surface area contributed by atoms with E-state index in [0.29, 0.717) is 13.0 Å². The Bertz CT molecular complexity index is 150. The molecule has 14 heavy (non-hydrogen) atoms. The molecule has 5 N–H and O–H groups in total. The summed E-state index contributed by atoms with van der Waals surface area (Å²) in [5, 5.41) is 2.76. The van der Waals surface area contributed by atoms with E-state index in [1.165, 1.54) is 12.8 Å². The van der Waals surface area contributed by atoms with Gasteiger partial charge in [-0.3, -0.25) is 4.79 Å². The average molecular weight is 201 g/mol. The van der Waals surface area contributed by atoms with E-state index in [1.54, 1.807) is 0 Å². The van der Waals surface area contributed by atoms with E-state index in [2.05, 4.69) is 12.2 Å². The summed E-state index contributed by atoms with van der Waals surface area (Å²) in [7, 11) is 0. The molecule has 0 heterocycles. The molecule has 0 fully saturated rings. The van der Waals surface area contributed by atoms with Crippen LogP contribution in [-0.2, 0) is 4.79 Å². The fraction of sp³-hybridized carbons (Fsp3) is 0.900. The number of hydrogen-bond donors (Lipinski definition) is 3. The van der Waals surface area contributed by atoms with Gasteiger partial charge in [0.2, 0.25) is 5.91 Å². The molecule has 0 bridgehead atoms. The van der Waals surface area contributed by atoms with E-state index in [4.69, 9.17) is 11.5 Å². The SMILES string of the molecule is CCCCCC(N)NC(=O)CCCN. The van der Waals surface area contributed by atoms with Crippen LogP contribution >= 0.6 is 0 Å². The van der Waals surface area contributed by atoms with Crippen LogP contribution in [0.15, 0.2) is 0 Å². The van der Waals surface area contributed by atoms with Crippen molar-refractivity contribution in [1.82, 2.24) is 5.32 Å². The van der Waals surface area contributed by atoms with Crippen molar-refractivity contribution in [1.29, 1.82) is 0 Å². The first-order valence-electron chi connectivity index (χ1n) is 5.45. The van der Waals surface area contributed by atoms with Gasteiger partial charge in [-0.1, -0.05) is 26.2 Å². The third kappa shape index (κ3) is 8.01. The quantitative estimate of drug-likeness (QED) is 0.399. The Morgan fingerprint density at radius 3 is 2.64 bits per heavy atom. The lowest BCUT2D eigenvalue weighted by Crippen LogP contribution is -2.41. The molecule has 0 rings (SSSR count). The maximum atomic E-state index is 11.2. The minimum Gasteiger partial charge on any atom is -0.341 e. The zero-order valence-corrected chi connectivity index (χ0v) is 9.09. The van der Waals surface area contributed by atoms with Crippen molar-refractivity contribution in [2.24, 2.45) is 11.5 Å².